The summed E-state index contributed by atoms with van der Waals surface area (Å²) in [6.07, 6.45) is 2.34. The van der Waals surface area contributed by atoms with Gasteiger partial charge in [0.25, 0.3) is 5.89 Å². The predicted molar refractivity (Wildman–Crippen MR) is 132 cm³/mol. The van der Waals surface area contributed by atoms with Gasteiger partial charge in [-0.2, -0.15) is 4.98 Å². The molecule has 36 heavy (non-hydrogen) atoms. The van der Waals surface area contributed by atoms with Crippen molar-refractivity contribution in [3.8, 4) is 11.5 Å². The van der Waals surface area contributed by atoms with E-state index in [2.05, 4.69) is 20.8 Å². The van der Waals surface area contributed by atoms with Crippen molar-refractivity contribution in [2.75, 3.05) is 37.8 Å². The Morgan fingerprint density at radius 1 is 1.11 bits per heavy atom. The zero-order valence-electron chi connectivity index (χ0n) is 20.2. The number of amides is 3. The monoisotopic (exact) mass is 517 g/mol. The van der Waals surface area contributed by atoms with Crippen LogP contribution in [-0.4, -0.2) is 86.9 Å². The van der Waals surface area contributed by atoms with Crippen LogP contribution >= 0.6 is 0 Å². The molecule has 3 amide bonds. The molecule has 0 spiro atoms. The lowest BCUT2D eigenvalue weighted by molar-refractivity contribution is -0.123. The number of rotatable bonds is 11. The van der Waals surface area contributed by atoms with Crippen molar-refractivity contribution >= 4 is 28.5 Å². The third-order valence-electron chi connectivity index (χ3n) is 6.09. The lowest BCUT2D eigenvalue weighted by Crippen LogP contribution is -2.57. The van der Waals surface area contributed by atoms with Crippen molar-refractivity contribution in [1.29, 1.82) is 0 Å². The molecule has 0 bridgehead atoms. The quantitative estimate of drug-likeness (QED) is 0.426. The molecule has 12 heteroatoms. The molecule has 2 aromatic rings. The number of aromatic nitrogens is 2. The fraction of sp³-hybridized carbons (Fsp3) is 0.542. The molecule has 11 nitrogen and oxygen atoms in total. The number of Topliss-reactive ketones (excluding diaryl/α,β-unsaturated/α-hetero) is 1. The fourth-order valence-corrected chi connectivity index (χ4v) is 5.40. The highest BCUT2D eigenvalue weighted by atomic mass is 32.2. The fourth-order valence-electron chi connectivity index (χ4n) is 3.79. The largest absolute Gasteiger partial charge is 0.378 e. The Labute approximate surface area is 211 Å². The number of morpholine rings is 1. The zero-order chi connectivity index (χ0) is 25.5. The number of nitrogens with one attached hydrogen (secondary N) is 2. The first-order valence-electron chi connectivity index (χ1n) is 12.2. The number of ether oxygens (including phenoxy) is 1. The lowest BCUT2D eigenvalue weighted by Gasteiger charge is -2.29. The SMILES string of the molecule is CCC(NC(=O)C(CS(=O)CC1CC1)NC(=O)N1CCOCC1)C(=O)c1noc(-c2ccccc2)n1. The van der Waals surface area contributed by atoms with Crippen LogP contribution in [0.15, 0.2) is 34.9 Å². The summed E-state index contributed by atoms with van der Waals surface area (Å²) in [7, 11) is -1.28. The van der Waals surface area contributed by atoms with Crippen molar-refractivity contribution in [2.45, 2.75) is 38.3 Å². The minimum absolute atomic E-state index is 0.0244. The van der Waals surface area contributed by atoms with E-state index < -0.39 is 40.6 Å². The number of urea groups is 1. The highest BCUT2D eigenvalue weighted by Gasteiger charge is 2.32. The van der Waals surface area contributed by atoms with Crippen molar-refractivity contribution in [3.05, 3.63) is 36.2 Å². The van der Waals surface area contributed by atoms with Gasteiger partial charge in [-0.25, -0.2) is 4.79 Å². The molecule has 1 aliphatic carbocycles. The van der Waals surface area contributed by atoms with Gasteiger partial charge in [0.2, 0.25) is 17.5 Å². The minimum atomic E-state index is -1.28. The summed E-state index contributed by atoms with van der Waals surface area (Å²) in [6, 6.07) is 6.63. The van der Waals surface area contributed by atoms with E-state index in [9.17, 15) is 18.6 Å². The summed E-state index contributed by atoms with van der Waals surface area (Å²) in [6.45, 7) is 3.39. The van der Waals surface area contributed by atoms with Gasteiger partial charge in [0.05, 0.1) is 25.0 Å². The van der Waals surface area contributed by atoms with Crippen LogP contribution in [-0.2, 0) is 20.3 Å². The van der Waals surface area contributed by atoms with Crippen LogP contribution in [0.1, 0.15) is 36.8 Å². The van der Waals surface area contributed by atoms with Gasteiger partial charge in [0.15, 0.2) is 0 Å². The first kappa shape index (κ1) is 26.0. The Bertz CT molecular complexity index is 1080. The van der Waals surface area contributed by atoms with Crippen molar-refractivity contribution in [2.24, 2.45) is 5.92 Å². The number of benzene rings is 1. The van der Waals surface area contributed by atoms with E-state index in [1.807, 2.05) is 18.2 Å². The summed E-state index contributed by atoms with van der Waals surface area (Å²) in [5.41, 5.74) is 0.671. The standard InChI is InChI=1S/C24H31N5O6S/c1-2-18(20(30)21-27-23(35-28-21)17-6-4-3-5-7-17)25-22(31)19(15-36(33)14-16-8-9-16)26-24(32)29-10-12-34-13-11-29/h3-7,16,18-19H,2,8-15H2,1H3,(H,25,31)(H,26,32). The Kier molecular flexibility index (Phi) is 8.81. The molecule has 1 saturated carbocycles. The number of hydrogen-bond acceptors (Lipinski definition) is 8. The molecule has 2 fully saturated rings. The summed E-state index contributed by atoms with van der Waals surface area (Å²) in [5, 5.41) is 9.19. The molecule has 2 heterocycles. The zero-order valence-corrected chi connectivity index (χ0v) is 21.0. The van der Waals surface area contributed by atoms with E-state index in [4.69, 9.17) is 9.26 Å². The van der Waals surface area contributed by atoms with Crippen LogP contribution in [0.3, 0.4) is 0 Å². The first-order chi connectivity index (χ1) is 17.4. The Hall–Kier alpha value is -3.12. The second kappa shape index (κ2) is 12.2. The average molecular weight is 518 g/mol. The van der Waals surface area contributed by atoms with Gasteiger partial charge in [-0.05, 0) is 37.3 Å². The summed E-state index contributed by atoms with van der Waals surface area (Å²) < 4.78 is 23.2. The van der Waals surface area contributed by atoms with Gasteiger partial charge in [0.1, 0.15) is 6.04 Å². The Morgan fingerprint density at radius 2 is 1.83 bits per heavy atom. The van der Waals surface area contributed by atoms with Crippen LogP contribution in [0.25, 0.3) is 11.5 Å². The Balaban J connectivity index is 1.42. The summed E-state index contributed by atoms with van der Waals surface area (Å²) in [5.74, 6) is -0.145. The van der Waals surface area contributed by atoms with E-state index in [1.165, 1.54) is 0 Å². The van der Waals surface area contributed by atoms with Gasteiger partial charge >= 0.3 is 6.03 Å². The van der Waals surface area contributed by atoms with E-state index >= 15 is 0 Å². The predicted octanol–water partition coefficient (Wildman–Crippen LogP) is 1.38. The van der Waals surface area contributed by atoms with Crippen LogP contribution in [0.2, 0.25) is 0 Å². The molecule has 2 N–H and O–H groups in total. The second-order valence-corrected chi connectivity index (χ2v) is 10.5. The van der Waals surface area contributed by atoms with E-state index in [0.29, 0.717) is 43.5 Å². The van der Waals surface area contributed by atoms with Crippen molar-refractivity contribution in [3.63, 3.8) is 0 Å². The molecule has 194 valence electrons. The summed E-state index contributed by atoms with van der Waals surface area (Å²) >= 11 is 0. The molecule has 0 radical (unpaired) electrons. The number of hydrogen-bond donors (Lipinski definition) is 2. The topological polar surface area (TPSA) is 144 Å². The summed E-state index contributed by atoms with van der Waals surface area (Å²) in [4.78, 5) is 44.8. The molecule has 3 atom stereocenters. The van der Waals surface area contributed by atoms with Gasteiger partial charge in [-0.15, -0.1) is 0 Å². The van der Waals surface area contributed by atoms with Crippen LogP contribution in [0, 0.1) is 5.92 Å². The van der Waals surface area contributed by atoms with E-state index in [0.717, 1.165) is 12.8 Å². The van der Waals surface area contributed by atoms with Crippen LogP contribution < -0.4 is 10.6 Å². The third-order valence-corrected chi connectivity index (χ3v) is 7.64. The maximum atomic E-state index is 13.2. The maximum absolute atomic E-state index is 13.2. The molecule has 3 unspecified atom stereocenters. The normalized spacial score (nSPS) is 18.2. The second-order valence-electron chi connectivity index (χ2n) is 8.94. The van der Waals surface area contributed by atoms with Gasteiger partial charge in [0, 0.05) is 35.2 Å². The Morgan fingerprint density at radius 3 is 2.50 bits per heavy atom. The van der Waals surface area contributed by atoms with E-state index in [1.54, 1.807) is 24.0 Å². The smallest absolute Gasteiger partial charge is 0.318 e. The van der Waals surface area contributed by atoms with Gasteiger partial charge in [-0.3, -0.25) is 13.8 Å². The highest BCUT2D eigenvalue weighted by Crippen LogP contribution is 2.29. The molecule has 4 rings (SSSR count). The number of carbonyl (C=O) groups is 3. The number of carbonyl (C=O) groups excluding carboxylic acids is 3. The van der Waals surface area contributed by atoms with Crippen molar-refractivity contribution in [1.82, 2.24) is 25.7 Å². The maximum Gasteiger partial charge on any atom is 0.318 e. The van der Waals surface area contributed by atoms with Gasteiger partial charge in [-0.1, -0.05) is 30.3 Å². The molecular formula is C24H31N5O6S. The number of nitrogens with zero attached hydrogens (tertiary/aromatic N) is 3. The van der Waals surface area contributed by atoms with Crippen LogP contribution in [0.4, 0.5) is 4.79 Å². The lowest BCUT2D eigenvalue weighted by atomic mass is 10.1. The van der Waals surface area contributed by atoms with Gasteiger partial charge < -0.3 is 24.8 Å². The first-order valence-corrected chi connectivity index (χ1v) is 13.6. The molecule has 1 aliphatic heterocycles. The van der Waals surface area contributed by atoms with Crippen LogP contribution in [0.5, 0.6) is 0 Å². The number of ketones is 1. The molecule has 1 aromatic carbocycles. The van der Waals surface area contributed by atoms with E-state index in [-0.39, 0.29) is 23.9 Å². The molecule has 1 aromatic heterocycles. The molecule has 2 aliphatic rings. The molecule has 1 saturated heterocycles. The van der Waals surface area contributed by atoms with Crippen molar-refractivity contribution < 1.29 is 27.9 Å². The molecular weight excluding hydrogens is 486 g/mol. The third kappa shape index (κ3) is 6.97. The average Bonchev–Trinajstić information content (AvgIpc) is 3.57. The highest BCUT2D eigenvalue weighted by molar-refractivity contribution is 7.85. The minimum Gasteiger partial charge on any atom is -0.378 e.